The number of halogens is 1. The topological polar surface area (TPSA) is 87.1 Å². The monoisotopic (exact) mass is 414 g/mol. The molecule has 142 valence electrons. The van der Waals surface area contributed by atoms with Crippen LogP contribution in [-0.4, -0.2) is 26.9 Å². The molecule has 4 aromatic rings. The Morgan fingerprint density at radius 3 is 2.68 bits per heavy atom. The fourth-order valence-electron chi connectivity index (χ4n) is 2.43. The highest BCUT2D eigenvalue weighted by Gasteiger charge is 2.14. The molecule has 0 atom stereocenters. The molecule has 0 amide bonds. The van der Waals surface area contributed by atoms with Gasteiger partial charge in [-0.25, -0.2) is 0 Å². The fourth-order valence-corrected chi connectivity index (χ4v) is 3.25. The standard InChI is InChI=1S/C19H15ClN4O3S/c1-2-25-13-9-7-12(8-10-13)18-22-23-19(26-18)28-11-16-21-17(24-27-16)14-5-3-4-6-15(14)20/h3-10H,2,11H2,1H3. The van der Waals surface area contributed by atoms with Crippen LogP contribution in [0.25, 0.3) is 22.8 Å². The Bertz CT molecular complexity index is 1060. The Hall–Kier alpha value is -2.84. The predicted molar refractivity (Wildman–Crippen MR) is 105 cm³/mol. The lowest BCUT2D eigenvalue weighted by atomic mass is 10.2. The molecule has 0 unspecified atom stereocenters. The Labute approximate surface area is 170 Å². The van der Waals surface area contributed by atoms with E-state index in [9.17, 15) is 0 Å². The average molecular weight is 415 g/mol. The van der Waals surface area contributed by atoms with Gasteiger partial charge in [-0.3, -0.25) is 0 Å². The summed E-state index contributed by atoms with van der Waals surface area (Å²) >= 11 is 7.48. The minimum atomic E-state index is 0.405. The maximum Gasteiger partial charge on any atom is 0.277 e. The zero-order valence-corrected chi connectivity index (χ0v) is 16.4. The van der Waals surface area contributed by atoms with Gasteiger partial charge in [-0.05, 0) is 43.3 Å². The second-order valence-corrected chi connectivity index (χ2v) is 6.94. The normalized spacial score (nSPS) is 10.9. The van der Waals surface area contributed by atoms with Crippen LogP contribution < -0.4 is 4.74 Å². The lowest BCUT2D eigenvalue weighted by molar-refractivity contribution is 0.340. The van der Waals surface area contributed by atoms with E-state index >= 15 is 0 Å². The first kappa shape index (κ1) is 18.5. The molecule has 0 aliphatic rings. The molecule has 2 aromatic carbocycles. The molecule has 0 bridgehead atoms. The minimum absolute atomic E-state index is 0.405. The minimum Gasteiger partial charge on any atom is -0.494 e. The van der Waals surface area contributed by atoms with Crippen LogP contribution in [0.2, 0.25) is 5.02 Å². The van der Waals surface area contributed by atoms with Crippen LogP contribution in [0.15, 0.2) is 62.7 Å². The number of aromatic nitrogens is 4. The molecule has 2 heterocycles. The maximum absolute atomic E-state index is 6.16. The summed E-state index contributed by atoms with van der Waals surface area (Å²) in [6.45, 7) is 2.56. The summed E-state index contributed by atoms with van der Waals surface area (Å²) in [5, 5.41) is 13.1. The van der Waals surface area contributed by atoms with Gasteiger partial charge in [-0.1, -0.05) is 40.7 Å². The van der Waals surface area contributed by atoms with E-state index in [4.69, 9.17) is 25.3 Å². The molecule has 4 rings (SSSR count). The molecule has 0 radical (unpaired) electrons. The lowest BCUT2D eigenvalue weighted by Crippen LogP contribution is -1.90. The van der Waals surface area contributed by atoms with Crippen molar-refractivity contribution in [1.82, 2.24) is 20.3 Å². The van der Waals surface area contributed by atoms with Crippen molar-refractivity contribution in [2.45, 2.75) is 17.9 Å². The third kappa shape index (κ3) is 4.18. The molecular weight excluding hydrogens is 400 g/mol. The van der Waals surface area contributed by atoms with Gasteiger partial charge < -0.3 is 13.7 Å². The van der Waals surface area contributed by atoms with E-state index < -0.39 is 0 Å². The van der Waals surface area contributed by atoms with Gasteiger partial charge >= 0.3 is 0 Å². The molecule has 7 nitrogen and oxygen atoms in total. The highest BCUT2D eigenvalue weighted by Crippen LogP contribution is 2.28. The van der Waals surface area contributed by atoms with Crippen molar-refractivity contribution >= 4 is 23.4 Å². The van der Waals surface area contributed by atoms with Crippen molar-refractivity contribution in [2.75, 3.05) is 6.61 Å². The van der Waals surface area contributed by atoms with Gasteiger partial charge in [0.15, 0.2) is 0 Å². The van der Waals surface area contributed by atoms with Crippen LogP contribution in [0.4, 0.5) is 0 Å². The molecule has 0 spiro atoms. The summed E-state index contributed by atoms with van der Waals surface area (Å²) in [6.07, 6.45) is 0. The van der Waals surface area contributed by atoms with E-state index in [1.807, 2.05) is 49.4 Å². The van der Waals surface area contributed by atoms with Crippen LogP contribution in [-0.2, 0) is 5.75 Å². The van der Waals surface area contributed by atoms with Gasteiger partial charge in [0.1, 0.15) is 5.75 Å². The lowest BCUT2D eigenvalue weighted by Gasteiger charge is -2.02. The van der Waals surface area contributed by atoms with E-state index in [1.165, 1.54) is 11.8 Å². The first-order valence-electron chi connectivity index (χ1n) is 8.50. The van der Waals surface area contributed by atoms with Crippen molar-refractivity contribution in [3.05, 3.63) is 59.4 Å². The molecule has 0 saturated carbocycles. The number of rotatable bonds is 7. The van der Waals surface area contributed by atoms with Crippen LogP contribution in [0.1, 0.15) is 12.8 Å². The van der Waals surface area contributed by atoms with E-state index in [0.717, 1.165) is 16.9 Å². The van der Waals surface area contributed by atoms with Crippen molar-refractivity contribution in [1.29, 1.82) is 0 Å². The molecule has 0 N–H and O–H groups in total. The molecule has 2 aromatic heterocycles. The van der Waals surface area contributed by atoms with Crippen LogP contribution in [0.3, 0.4) is 0 Å². The van der Waals surface area contributed by atoms with E-state index in [1.54, 1.807) is 6.07 Å². The molecule has 0 aliphatic carbocycles. The maximum atomic E-state index is 6.16. The molecule has 28 heavy (non-hydrogen) atoms. The average Bonchev–Trinajstić information content (AvgIpc) is 3.37. The second-order valence-electron chi connectivity index (χ2n) is 5.61. The van der Waals surface area contributed by atoms with Gasteiger partial charge in [-0.2, -0.15) is 4.98 Å². The summed E-state index contributed by atoms with van der Waals surface area (Å²) in [7, 11) is 0. The number of benzene rings is 2. The zero-order chi connectivity index (χ0) is 19.3. The molecule has 0 saturated heterocycles. The van der Waals surface area contributed by atoms with Crippen molar-refractivity contribution in [3.8, 4) is 28.6 Å². The quantitative estimate of drug-likeness (QED) is 0.384. The summed E-state index contributed by atoms with van der Waals surface area (Å²) in [6, 6.07) is 14.8. The van der Waals surface area contributed by atoms with Gasteiger partial charge in [0, 0.05) is 11.1 Å². The third-order valence-electron chi connectivity index (χ3n) is 3.72. The van der Waals surface area contributed by atoms with Gasteiger partial charge in [0.2, 0.25) is 17.6 Å². The zero-order valence-electron chi connectivity index (χ0n) is 14.8. The highest BCUT2D eigenvalue weighted by molar-refractivity contribution is 7.98. The van der Waals surface area contributed by atoms with E-state index in [0.29, 0.717) is 40.2 Å². The van der Waals surface area contributed by atoms with Crippen molar-refractivity contribution in [3.63, 3.8) is 0 Å². The number of hydrogen-bond acceptors (Lipinski definition) is 8. The summed E-state index contributed by atoms with van der Waals surface area (Å²) in [4.78, 5) is 4.36. The van der Waals surface area contributed by atoms with E-state index in [2.05, 4.69) is 20.3 Å². The van der Waals surface area contributed by atoms with Crippen LogP contribution >= 0.6 is 23.4 Å². The Morgan fingerprint density at radius 2 is 1.89 bits per heavy atom. The fraction of sp³-hybridized carbons (Fsp3) is 0.158. The summed E-state index contributed by atoms with van der Waals surface area (Å²) < 4.78 is 16.4. The molecule has 9 heteroatoms. The highest BCUT2D eigenvalue weighted by atomic mass is 35.5. The van der Waals surface area contributed by atoms with Crippen molar-refractivity contribution < 1.29 is 13.7 Å². The van der Waals surface area contributed by atoms with Crippen LogP contribution in [0.5, 0.6) is 5.75 Å². The molecule has 0 aliphatic heterocycles. The van der Waals surface area contributed by atoms with Crippen LogP contribution in [0, 0.1) is 0 Å². The second kappa shape index (κ2) is 8.45. The van der Waals surface area contributed by atoms with E-state index in [-0.39, 0.29) is 0 Å². The molecular formula is C19H15ClN4O3S. The largest absolute Gasteiger partial charge is 0.494 e. The number of nitrogens with zero attached hydrogens (tertiary/aromatic N) is 4. The number of thioether (sulfide) groups is 1. The third-order valence-corrected chi connectivity index (χ3v) is 4.85. The summed E-state index contributed by atoms with van der Waals surface area (Å²) in [5.74, 6) is 2.53. The Morgan fingerprint density at radius 1 is 1.07 bits per heavy atom. The Kier molecular flexibility index (Phi) is 5.59. The predicted octanol–water partition coefficient (Wildman–Crippen LogP) is 5.13. The molecule has 0 fully saturated rings. The Balaban J connectivity index is 1.40. The number of hydrogen-bond donors (Lipinski definition) is 0. The first-order valence-corrected chi connectivity index (χ1v) is 9.86. The first-order chi connectivity index (χ1) is 13.7. The SMILES string of the molecule is CCOc1ccc(-c2nnc(SCc3nc(-c4ccccc4Cl)no3)o2)cc1. The van der Waals surface area contributed by atoms with Gasteiger partial charge in [0.05, 0.1) is 17.4 Å². The smallest absolute Gasteiger partial charge is 0.277 e. The number of ether oxygens (including phenoxy) is 1. The summed E-state index contributed by atoms with van der Waals surface area (Å²) in [5.41, 5.74) is 1.54. The van der Waals surface area contributed by atoms with Gasteiger partial charge in [0.25, 0.3) is 5.22 Å². The van der Waals surface area contributed by atoms with Crippen molar-refractivity contribution in [2.24, 2.45) is 0 Å². The van der Waals surface area contributed by atoms with Gasteiger partial charge in [-0.15, -0.1) is 10.2 Å².